The summed E-state index contributed by atoms with van der Waals surface area (Å²) >= 11 is 0. The minimum absolute atomic E-state index is 0.262. The summed E-state index contributed by atoms with van der Waals surface area (Å²) in [6.07, 6.45) is 15.5. The van der Waals surface area contributed by atoms with Gasteiger partial charge in [0.25, 0.3) is 0 Å². The van der Waals surface area contributed by atoms with Crippen molar-refractivity contribution >= 4 is 5.91 Å². The SMILES string of the molecule is CCCCCCCCCCCCCC[C@@H](O)[C@@H](O)[C@H](COC1OC(CO)C(O)C(O)C1O)NC(=O)CCCCCCCCCCC. The molecule has 10 heteroatoms. The molecule has 1 aliphatic heterocycles. The maximum atomic E-state index is 12.8. The zero-order valence-electron chi connectivity index (χ0n) is 29.2. The topological polar surface area (TPSA) is 169 Å². The first-order chi connectivity index (χ1) is 22.3. The normalized spacial score (nSPS) is 23.7. The highest BCUT2D eigenvalue weighted by molar-refractivity contribution is 5.76. The van der Waals surface area contributed by atoms with Crippen molar-refractivity contribution in [3.63, 3.8) is 0 Å². The van der Waals surface area contributed by atoms with Crippen molar-refractivity contribution < 1.29 is 44.9 Å². The molecule has 0 radical (unpaired) electrons. The first-order valence-electron chi connectivity index (χ1n) is 18.8. The molecule has 0 aromatic heterocycles. The summed E-state index contributed by atoms with van der Waals surface area (Å²) in [5.74, 6) is -0.262. The van der Waals surface area contributed by atoms with Crippen LogP contribution < -0.4 is 5.32 Å². The van der Waals surface area contributed by atoms with Crippen LogP contribution >= 0.6 is 0 Å². The zero-order valence-corrected chi connectivity index (χ0v) is 29.2. The van der Waals surface area contributed by atoms with Gasteiger partial charge in [-0.25, -0.2) is 0 Å². The Labute approximate surface area is 279 Å². The van der Waals surface area contributed by atoms with Crippen LogP contribution in [0.1, 0.15) is 162 Å². The van der Waals surface area contributed by atoms with Crippen LogP contribution in [0.3, 0.4) is 0 Å². The highest BCUT2D eigenvalue weighted by atomic mass is 16.7. The Hall–Kier alpha value is -0.850. The van der Waals surface area contributed by atoms with Crippen molar-refractivity contribution in [2.24, 2.45) is 0 Å². The first kappa shape index (κ1) is 43.2. The molecular formula is C36H71NO9. The van der Waals surface area contributed by atoms with Gasteiger partial charge in [0.15, 0.2) is 6.29 Å². The van der Waals surface area contributed by atoms with E-state index in [0.717, 1.165) is 51.4 Å². The number of carbonyl (C=O) groups excluding carboxylic acids is 1. The Bertz CT molecular complexity index is 713. The smallest absolute Gasteiger partial charge is 0.220 e. The minimum Gasteiger partial charge on any atom is -0.394 e. The molecule has 0 aromatic rings. The van der Waals surface area contributed by atoms with Crippen molar-refractivity contribution in [2.45, 2.75) is 210 Å². The molecule has 0 spiro atoms. The second kappa shape index (κ2) is 28.0. The number of rotatable bonds is 30. The summed E-state index contributed by atoms with van der Waals surface area (Å²) in [6, 6.07) is -0.981. The Balaban J connectivity index is 2.51. The van der Waals surface area contributed by atoms with Gasteiger partial charge in [0, 0.05) is 6.42 Å². The lowest BCUT2D eigenvalue weighted by molar-refractivity contribution is -0.303. The van der Waals surface area contributed by atoms with Gasteiger partial charge in [-0.15, -0.1) is 0 Å². The number of aliphatic hydroxyl groups excluding tert-OH is 6. The Kier molecular flexibility index (Phi) is 26.3. The first-order valence-corrected chi connectivity index (χ1v) is 18.8. The van der Waals surface area contributed by atoms with E-state index in [0.29, 0.717) is 6.42 Å². The maximum absolute atomic E-state index is 12.8. The molecule has 1 fully saturated rings. The molecule has 1 aliphatic rings. The number of hydrogen-bond donors (Lipinski definition) is 7. The molecule has 0 bridgehead atoms. The third-order valence-electron chi connectivity index (χ3n) is 9.30. The Morgan fingerprint density at radius 1 is 0.674 bits per heavy atom. The van der Waals surface area contributed by atoms with Crippen LogP contribution in [0.25, 0.3) is 0 Å². The van der Waals surface area contributed by atoms with Gasteiger partial charge < -0.3 is 45.4 Å². The zero-order chi connectivity index (χ0) is 34.0. The quantitative estimate of drug-likeness (QED) is 0.0523. The molecule has 5 unspecified atom stereocenters. The predicted molar refractivity (Wildman–Crippen MR) is 181 cm³/mol. The van der Waals surface area contributed by atoms with E-state index in [1.165, 1.54) is 83.5 Å². The molecule has 1 heterocycles. The summed E-state index contributed by atoms with van der Waals surface area (Å²) < 4.78 is 11.1. The summed E-state index contributed by atoms with van der Waals surface area (Å²) in [6.45, 7) is 3.54. The Morgan fingerprint density at radius 3 is 1.61 bits per heavy atom. The van der Waals surface area contributed by atoms with Crippen molar-refractivity contribution in [1.82, 2.24) is 5.32 Å². The lowest BCUT2D eigenvalue weighted by Crippen LogP contribution is -2.60. The van der Waals surface area contributed by atoms with E-state index in [2.05, 4.69) is 19.2 Å². The number of nitrogens with one attached hydrogen (secondary N) is 1. The number of hydrogen-bond acceptors (Lipinski definition) is 9. The van der Waals surface area contributed by atoms with Gasteiger partial charge in [-0.1, -0.05) is 142 Å². The minimum atomic E-state index is -1.60. The molecule has 274 valence electrons. The van der Waals surface area contributed by atoms with E-state index in [1.54, 1.807) is 0 Å². The number of unbranched alkanes of at least 4 members (excludes halogenated alkanes) is 19. The van der Waals surface area contributed by atoms with Crippen molar-refractivity contribution in [3.05, 3.63) is 0 Å². The molecule has 0 aliphatic carbocycles. The second-order valence-electron chi connectivity index (χ2n) is 13.5. The van der Waals surface area contributed by atoms with Gasteiger partial charge in [-0.3, -0.25) is 4.79 Å². The van der Waals surface area contributed by atoms with Crippen LogP contribution in [0.5, 0.6) is 0 Å². The van der Waals surface area contributed by atoms with Crippen LogP contribution in [0.4, 0.5) is 0 Å². The molecule has 0 saturated carbocycles. The number of carbonyl (C=O) groups is 1. The highest BCUT2D eigenvalue weighted by Crippen LogP contribution is 2.23. The summed E-state index contributed by atoms with van der Waals surface area (Å²) in [7, 11) is 0. The summed E-state index contributed by atoms with van der Waals surface area (Å²) in [5, 5.41) is 64.6. The van der Waals surface area contributed by atoms with Crippen LogP contribution in [-0.4, -0.2) is 98.7 Å². The van der Waals surface area contributed by atoms with Crippen LogP contribution in [0.15, 0.2) is 0 Å². The monoisotopic (exact) mass is 662 g/mol. The molecule has 7 N–H and O–H groups in total. The van der Waals surface area contributed by atoms with Crippen molar-refractivity contribution in [3.8, 4) is 0 Å². The van der Waals surface area contributed by atoms with E-state index in [-0.39, 0.29) is 18.9 Å². The van der Waals surface area contributed by atoms with Crippen LogP contribution in [0, 0.1) is 0 Å². The predicted octanol–water partition coefficient (Wildman–Crippen LogP) is 5.02. The van der Waals surface area contributed by atoms with Crippen molar-refractivity contribution in [1.29, 1.82) is 0 Å². The Morgan fingerprint density at radius 2 is 1.13 bits per heavy atom. The molecule has 8 atom stereocenters. The molecule has 1 rings (SSSR count). The van der Waals surface area contributed by atoms with Crippen molar-refractivity contribution in [2.75, 3.05) is 13.2 Å². The fourth-order valence-corrected chi connectivity index (χ4v) is 6.14. The molecule has 1 amide bonds. The summed E-state index contributed by atoms with van der Waals surface area (Å²) in [5.41, 5.74) is 0. The third-order valence-corrected chi connectivity index (χ3v) is 9.30. The molecule has 1 saturated heterocycles. The average Bonchev–Trinajstić information content (AvgIpc) is 3.05. The van der Waals surface area contributed by atoms with Gasteiger partial charge >= 0.3 is 0 Å². The second-order valence-corrected chi connectivity index (χ2v) is 13.5. The number of amides is 1. The standard InChI is InChI=1S/C36H71NO9/c1-3-5-7-9-11-13-14-15-17-18-20-22-24-29(39)32(41)28(27-45-36-35(44)34(43)33(42)30(26-38)46-36)37-31(40)25-23-21-19-16-12-10-8-6-4-2/h28-30,32-36,38-39,41-44H,3-27H2,1-2H3,(H,37,40)/t28-,29+,30?,32-,33?,34?,35?,36?/m0/s1. The lowest BCUT2D eigenvalue weighted by Gasteiger charge is -2.40. The lowest BCUT2D eigenvalue weighted by atomic mass is 9.98. The van der Waals surface area contributed by atoms with E-state index in [4.69, 9.17) is 9.47 Å². The van der Waals surface area contributed by atoms with E-state index in [9.17, 15) is 35.4 Å². The summed E-state index contributed by atoms with van der Waals surface area (Å²) in [4.78, 5) is 12.8. The van der Waals surface area contributed by atoms with Gasteiger partial charge in [-0.05, 0) is 12.8 Å². The fraction of sp³-hybridized carbons (Fsp3) is 0.972. The van der Waals surface area contributed by atoms with E-state index in [1.807, 2.05) is 0 Å². The fourth-order valence-electron chi connectivity index (χ4n) is 6.14. The number of ether oxygens (including phenoxy) is 2. The maximum Gasteiger partial charge on any atom is 0.220 e. The average molecular weight is 662 g/mol. The van der Waals surface area contributed by atoms with Gasteiger partial charge in [0.1, 0.15) is 30.5 Å². The van der Waals surface area contributed by atoms with E-state index >= 15 is 0 Å². The largest absolute Gasteiger partial charge is 0.394 e. The highest BCUT2D eigenvalue weighted by Gasteiger charge is 2.44. The van der Waals surface area contributed by atoms with E-state index < -0.39 is 55.6 Å². The van der Waals surface area contributed by atoms with Crippen LogP contribution in [-0.2, 0) is 14.3 Å². The molecule has 46 heavy (non-hydrogen) atoms. The van der Waals surface area contributed by atoms with Gasteiger partial charge in [0.2, 0.25) is 5.91 Å². The third kappa shape index (κ3) is 19.2. The van der Waals surface area contributed by atoms with Crippen LogP contribution in [0.2, 0.25) is 0 Å². The molecular weight excluding hydrogens is 590 g/mol. The number of aliphatic hydroxyl groups is 6. The molecule has 0 aromatic carbocycles. The molecule has 10 nitrogen and oxygen atoms in total. The van der Waals surface area contributed by atoms with Gasteiger partial charge in [0.05, 0.1) is 25.4 Å². The van der Waals surface area contributed by atoms with Gasteiger partial charge in [-0.2, -0.15) is 0 Å².